The van der Waals surface area contributed by atoms with Gasteiger partial charge in [-0.25, -0.2) is 4.98 Å². The van der Waals surface area contributed by atoms with E-state index in [9.17, 15) is 9.59 Å². The van der Waals surface area contributed by atoms with Crippen LogP contribution in [-0.2, 0) is 10.7 Å². The Morgan fingerprint density at radius 1 is 1.32 bits per heavy atom. The van der Waals surface area contributed by atoms with Crippen molar-refractivity contribution < 1.29 is 9.59 Å². The monoisotopic (exact) mass is 312 g/mol. The molecule has 0 aliphatic rings. The molecule has 0 unspecified atom stereocenters. The lowest BCUT2D eigenvalue weighted by Gasteiger charge is -2.09. The van der Waals surface area contributed by atoms with Gasteiger partial charge in [0, 0.05) is 28.5 Å². The van der Waals surface area contributed by atoms with E-state index < -0.39 is 5.78 Å². The van der Waals surface area contributed by atoms with Crippen molar-refractivity contribution in [2.24, 2.45) is 0 Å². The summed E-state index contributed by atoms with van der Waals surface area (Å²) >= 11 is 5.91. The molecule has 5 heteroatoms. The van der Waals surface area contributed by atoms with E-state index in [1.807, 2.05) is 49.5 Å². The molecule has 0 bridgehead atoms. The number of hydrogen-bond acceptors (Lipinski definition) is 3. The topological polar surface area (TPSA) is 52.0 Å². The van der Waals surface area contributed by atoms with Gasteiger partial charge >= 0.3 is 0 Å². The molecule has 0 radical (unpaired) electrons. The summed E-state index contributed by atoms with van der Waals surface area (Å²) < 4.78 is 1.66. The number of alkyl halides is 1. The first-order valence-electron chi connectivity index (χ1n) is 6.77. The van der Waals surface area contributed by atoms with Gasteiger partial charge in [-0.3, -0.25) is 14.2 Å². The lowest BCUT2D eigenvalue weighted by atomic mass is 10.1. The van der Waals surface area contributed by atoms with Gasteiger partial charge in [0.2, 0.25) is 5.78 Å². The van der Waals surface area contributed by atoms with Crippen LogP contribution in [0.2, 0.25) is 0 Å². The summed E-state index contributed by atoms with van der Waals surface area (Å²) in [6.45, 7) is 1.87. The van der Waals surface area contributed by atoms with E-state index >= 15 is 0 Å². The molecule has 0 aliphatic carbocycles. The Morgan fingerprint density at radius 2 is 2.09 bits per heavy atom. The molecule has 0 amide bonds. The van der Waals surface area contributed by atoms with E-state index in [4.69, 9.17) is 11.6 Å². The number of rotatable bonds is 4. The smallest absolute Gasteiger partial charge is 0.242 e. The fourth-order valence-corrected chi connectivity index (χ4v) is 2.72. The normalized spacial score (nSPS) is 10.8. The first kappa shape index (κ1) is 14.5. The van der Waals surface area contributed by atoms with Gasteiger partial charge in [0.1, 0.15) is 11.5 Å². The standard InChI is InChI=1S/C17H13ClN2O2/c1-11-6-12(8-18)7-16(19-11)20-9-13-4-2-3-5-14(13)17(20)15(22)10-21/h2-7,9-10H,8H2,1H3. The molecule has 0 saturated heterocycles. The molecule has 3 rings (SSSR count). The molecule has 0 saturated carbocycles. The van der Waals surface area contributed by atoms with Crippen molar-refractivity contribution in [3.05, 3.63) is 59.5 Å². The number of halogens is 1. The Hall–Kier alpha value is -2.46. The van der Waals surface area contributed by atoms with Crippen molar-refractivity contribution >= 4 is 34.4 Å². The van der Waals surface area contributed by atoms with Crippen LogP contribution in [0, 0.1) is 6.92 Å². The number of aryl methyl sites for hydroxylation is 1. The average molecular weight is 313 g/mol. The molecular formula is C17H13ClN2O2. The summed E-state index contributed by atoms with van der Waals surface area (Å²) in [6, 6.07) is 11.1. The maximum absolute atomic E-state index is 12.1. The molecule has 1 aromatic carbocycles. The number of nitrogens with zero attached hydrogens (tertiary/aromatic N) is 2. The van der Waals surface area contributed by atoms with E-state index in [1.165, 1.54) is 0 Å². The Kier molecular flexibility index (Phi) is 3.77. The van der Waals surface area contributed by atoms with E-state index in [2.05, 4.69) is 4.98 Å². The number of benzene rings is 1. The summed E-state index contributed by atoms with van der Waals surface area (Å²) in [5, 5.41) is 1.61. The third-order valence-corrected chi connectivity index (χ3v) is 3.77. The van der Waals surface area contributed by atoms with Crippen LogP contribution in [0.15, 0.2) is 42.6 Å². The van der Waals surface area contributed by atoms with Crippen LogP contribution in [0.1, 0.15) is 21.7 Å². The Labute approximate surface area is 132 Å². The highest BCUT2D eigenvalue weighted by Gasteiger charge is 2.18. The van der Waals surface area contributed by atoms with Crippen LogP contribution < -0.4 is 0 Å². The molecule has 2 heterocycles. The van der Waals surface area contributed by atoms with Crippen LogP contribution in [0.3, 0.4) is 0 Å². The van der Waals surface area contributed by atoms with Crippen molar-refractivity contribution in [1.82, 2.24) is 9.55 Å². The third-order valence-electron chi connectivity index (χ3n) is 3.47. The number of aromatic nitrogens is 2. The van der Waals surface area contributed by atoms with Gasteiger partial charge in [-0.15, -0.1) is 11.6 Å². The number of carbonyl (C=O) groups is 2. The molecule has 0 aliphatic heterocycles. The highest BCUT2D eigenvalue weighted by Crippen LogP contribution is 2.25. The minimum Gasteiger partial charge on any atom is -0.297 e. The Balaban J connectivity index is 2.33. The number of aldehydes is 1. The van der Waals surface area contributed by atoms with Crippen LogP contribution in [-0.4, -0.2) is 21.6 Å². The minimum absolute atomic E-state index is 0.323. The SMILES string of the molecule is Cc1cc(CCl)cc(-n2cc3ccccc3c2C(=O)C=O)n1. The fraction of sp³-hybridized carbons (Fsp3) is 0.118. The number of pyridine rings is 1. The summed E-state index contributed by atoms with van der Waals surface area (Å²) in [4.78, 5) is 27.6. The van der Waals surface area contributed by atoms with Crippen molar-refractivity contribution in [2.75, 3.05) is 0 Å². The lowest BCUT2D eigenvalue weighted by molar-refractivity contribution is -0.104. The van der Waals surface area contributed by atoms with Gasteiger partial charge in [-0.05, 0) is 24.6 Å². The summed E-state index contributed by atoms with van der Waals surface area (Å²) in [7, 11) is 0. The molecule has 0 spiro atoms. The largest absolute Gasteiger partial charge is 0.297 e. The van der Waals surface area contributed by atoms with Gasteiger partial charge in [0.25, 0.3) is 0 Å². The molecule has 3 aromatic rings. The van der Waals surface area contributed by atoms with Crippen LogP contribution >= 0.6 is 11.6 Å². The molecule has 22 heavy (non-hydrogen) atoms. The third kappa shape index (κ3) is 2.42. The van der Waals surface area contributed by atoms with E-state index in [1.54, 1.807) is 4.57 Å². The molecule has 0 fully saturated rings. The van der Waals surface area contributed by atoms with Gasteiger partial charge < -0.3 is 0 Å². The summed E-state index contributed by atoms with van der Waals surface area (Å²) in [6.07, 6.45) is 2.14. The highest BCUT2D eigenvalue weighted by atomic mass is 35.5. The quantitative estimate of drug-likeness (QED) is 0.321. The van der Waals surface area contributed by atoms with Gasteiger partial charge in [-0.1, -0.05) is 24.3 Å². The molecule has 0 N–H and O–H groups in total. The fourth-order valence-electron chi connectivity index (χ4n) is 2.57. The van der Waals surface area contributed by atoms with Crippen LogP contribution in [0.5, 0.6) is 0 Å². The van der Waals surface area contributed by atoms with Crippen molar-refractivity contribution in [1.29, 1.82) is 0 Å². The van der Waals surface area contributed by atoms with E-state index in [0.717, 1.165) is 22.0 Å². The minimum atomic E-state index is -0.572. The number of carbonyl (C=O) groups excluding carboxylic acids is 2. The zero-order chi connectivity index (χ0) is 15.7. The molecule has 2 aromatic heterocycles. The predicted molar refractivity (Wildman–Crippen MR) is 85.8 cm³/mol. The second kappa shape index (κ2) is 5.73. The van der Waals surface area contributed by atoms with Crippen LogP contribution in [0.25, 0.3) is 16.6 Å². The van der Waals surface area contributed by atoms with Crippen LogP contribution in [0.4, 0.5) is 0 Å². The van der Waals surface area contributed by atoms with Crippen molar-refractivity contribution in [3.8, 4) is 5.82 Å². The number of fused-ring (bicyclic) bond motifs is 1. The zero-order valence-electron chi connectivity index (χ0n) is 11.9. The number of Topliss-reactive ketones (excluding diaryl/α,β-unsaturated/α-hetero) is 1. The predicted octanol–water partition coefficient (Wildman–Crippen LogP) is 3.45. The first-order chi connectivity index (χ1) is 10.6. The second-order valence-electron chi connectivity index (χ2n) is 5.03. The van der Waals surface area contributed by atoms with E-state index in [-0.39, 0.29) is 0 Å². The second-order valence-corrected chi connectivity index (χ2v) is 5.29. The highest BCUT2D eigenvalue weighted by molar-refractivity contribution is 6.36. The number of hydrogen-bond donors (Lipinski definition) is 0. The molecule has 0 atom stereocenters. The molecule has 110 valence electrons. The number of ketones is 1. The van der Waals surface area contributed by atoms with Gasteiger partial charge in [0.05, 0.1) is 0 Å². The summed E-state index contributed by atoms with van der Waals surface area (Å²) in [5.41, 5.74) is 2.03. The maximum Gasteiger partial charge on any atom is 0.242 e. The maximum atomic E-state index is 12.1. The van der Waals surface area contributed by atoms with Crippen molar-refractivity contribution in [3.63, 3.8) is 0 Å². The first-order valence-corrected chi connectivity index (χ1v) is 7.31. The van der Waals surface area contributed by atoms with Crippen molar-refractivity contribution in [2.45, 2.75) is 12.8 Å². The molecular weight excluding hydrogens is 300 g/mol. The Morgan fingerprint density at radius 3 is 2.82 bits per heavy atom. The van der Waals surface area contributed by atoms with Gasteiger partial charge in [0.15, 0.2) is 6.29 Å². The van der Waals surface area contributed by atoms with E-state index in [0.29, 0.717) is 23.7 Å². The molecule has 4 nitrogen and oxygen atoms in total. The summed E-state index contributed by atoms with van der Waals surface area (Å²) in [5.74, 6) is 0.364. The Bertz CT molecular complexity index is 883. The van der Waals surface area contributed by atoms with Gasteiger partial charge in [-0.2, -0.15) is 0 Å². The average Bonchev–Trinajstić information content (AvgIpc) is 2.93. The zero-order valence-corrected chi connectivity index (χ0v) is 12.7. The lowest BCUT2D eigenvalue weighted by Crippen LogP contribution is -2.10.